The fraction of sp³-hybridized carbons (Fsp3) is 0.929. The van der Waals surface area contributed by atoms with Gasteiger partial charge in [0, 0.05) is 19.4 Å². The summed E-state index contributed by atoms with van der Waals surface area (Å²) in [5.41, 5.74) is 3.01. The van der Waals surface area contributed by atoms with Gasteiger partial charge in [0.05, 0.1) is 6.10 Å². The third-order valence-corrected chi connectivity index (χ3v) is 3.18. The highest BCUT2D eigenvalue weighted by atomic mass is 16.7. The number of ketones is 1. The fourth-order valence-electron chi connectivity index (χ4n) is 2.12. The molecule has 1 aliphatic carbocycles. The van der Waals surface area contributed by atoms with E-state index in [0.29, 0.717) is 18.1 Å². The van der Waals surface area contributed by atoms with Crippen molar-refractivity contribution in [3.05, 3.63) is 0 Å². The highest BCUT2D eigenvalue weighted by Gasteiger charge is 2.15. The van der Waals surface area contributed by atoms with E-state index in [1.165, 1.54) is 25.7 Å². The van der Waals surface area contributed by atoms with Crippen LogP contribution in [0, 0.1) is 5.92 Å². The van der Waals surface area contributed by atoms with Gasteiger partial charge in [-0.3, -0.25) is 9.63 Å². The molecule has 0 aliphatic heterocycles. The predicted octanol–water partition coefficient (Wildman–Crippen LogP) is 3.24. The van der Waals surface area contributed by atoms with Gasteiger partial charge in [-0.15, -0.1) is 0 Å². The molecule has 100 valence electrons. The summed E-state index contributed by atoms with van der Waals surface area (Å²) in [6, 6.07) is 0. The van der Waals surface area contributed by atoms with Crippen LogP contribution in [0.15, 0.2) is 0 Å². The van der Waals surface area contributed by atoms with Crippen molar-refractivity contribution < 1.29 is 9.63 Å². The Labute approximate surface area is 105 Å². The highest BCUT2D eigenvalue weighted by Crippen LogP contribution is 2.16. The molecule has 1 unspecified atom stereocenters. The van der Waals surface area contributed by atoms with Gasteiger partial charge in [0.15, 0.2) is 0 Å². The summed E-state index contributed by atoms with van der Waals surface area (Å²) in [7, 11) is 0. The molecule has 1 atom stereocenters. The van der Waals surface area contributed by atoms with Crippen LogP contribution in [0.3, 0.4) is 0 Å². The third kappa shape index (κ3) is 7.50. The lowest BCUT2D eigenvalue weighted by molar-refractivity contribution is -0.124. The van der Waals surface area contributed by atoms with E-state index in [2.05, 4.69) is 19.3 Å². The van der Waals surface area contributed by atoms with Gasteiger partial charge < -0.3 is 0 Å². The monoisotopic (exact) mass is 241 g/mol. The van der Waals surface area contributed by atoms with E-state index in [1.807, 2.05) is 0 Å². The molecule has 0 heterocycles. The number of rotatable bonds is 4. The second kappa shape index (κ2) is 8.65. The van der Waals surface area contributed by atoms with Crippen molar-refractivity contribution in [3.8, 4) is 0 Å². The van der Waals surface area contributed by atoms with Crippen molar-refractivity contribution in [1.29, 1.82) is 0 Å². The van der Waals surface area contributed by atoms with Gasteiger partial charge in [-0.25, -0.2) is 5.48 Å². The van der Waals surface area contributed by atoms with E-state index < -0.39 is 0 Å². The van der Waals surface area contributed by atoms with Crippen molar-refractivity contribution in [2.24, 2.45) is 5.92 Å². The lowest BCUT2D eigenvalue weighted by atomic mass is 9.98. The Balaban J connectivity index is 2.29. The summed E-state index contributed by atoms with van der Waals surface area (Å²) in [6.45, 7) is 5.15. The van der Waals surface area contributed by atoms with Crippen LogP contribution in [-0.2, 0) is 9.63 Å². The molecular weight excluding hydrogens is 214 g/mol. The lowest BCUT2D eigenvalue weighted by Crippen LogP contribution is -2.29. The van der Waals surface area contributed by atoms with Crippen LogP contribution in [-0.4, -0.2) is 18.4 Å². The average Bonchev–Trinajstić information content (AvgIpc) is 2.27. The van der Waals surface area contributed by atoms with Crippen LogP contribution in [0.2, 0.25) is 0 Å². The smallest absolute Gasteiger partial charge is 0.135 e. The number of hydroxylamine groups is 1. The Bertz CT molecular complexity index is 216. The summed E-state index contributed by atoms with van der Waals surface area (Å²) in [6.07, 6.45) is 8.41. The Morgan fingerprint density at radius 3 is 2.71 bits per heavy atom. The maximum Gasteiger partial charge on any atom is 0.135 e. The number of hydrogen-bond acceptors (Lipinski definition) is 3. The Hall–Kier alpha value is -0.410. The van der Waals surface area contributed by atoms with E-state index in [1.54, 1.807) is 0 Å². The zero-order chi connectivity index (χ0) is 12.5. The fourth-order valence-corrected chi connectivity index (χ4v) is 2.12. The van der Waals surface area contributed by atoms with Crippen LogP contribution in [0.4, 0.5) is 0 Å². The molecule has 0 saturated heterocycles. The molecule has 0 aromatic carbocycles. The number of carbonyl (C=O) groups is 1. The first-order chi connectivity index (χ1) is 8.18. The second-order valence-corrected chi connectivity index (χ2v) is 5.53. The maximum absolute atomic E-state index is 11.7. The highest BCUT2D eigenvalue weighted by molar-refractivity contribution is 5.78. The molecular formula is C14H27NO2. The summed E-state index contributed by atoms with van der Waals surface area (Å²) in [4.78, 5) is 17.3. The molecule has 0 bridgehead atoms. The van der Waals surface area contributed by atoms with Crippen molar-refractivity contribution in [3.63, 3.8) is 0 Å². The minimum atomic E-state index is 0.0827. The maximum atomic E-state index is 11.7. The minimum Gasteiger partial charge on any atom is -0.300 e. The molecule has 1 aliphatic rings. The van der Waals surface area contributed by atoms with Gasteiger partial charge in [-0.05, 0) is 18.8 Å². The standard InChI is InChI=1S/C14H27NO2/c1-12(2)11-15-17-14-9-7-5-3-4-6-8-13(16)10-14/h12,14-15H,3-11H2,1-2H3. The van der Waals surface area contributed by atoms with Crippen molar-refractivity contribution in [2.75, 3.05) is 6.54 Å². The number of nitrogens with one attached hydrogen (secondary N) is 1. The molecule has 0 aromatic heterocycles. The molecule has 1 fully saturated rings. The Kier molecular flexibility index (Phi) is 7.45. The van der Waals surface area contributed by atoms with Gasteiger partial charge in [0.2, 0.25) is 0 Å². The van der Waals surface area contributed by atoms with Crippen LogP contribution in [0.25, 0.3) is 0 Å². The van der Waals surface area contributed by atoms with Gasteiger partial charge in [0.1, 0.15) is 5.78 Å². The van der Waals surface area contributed by atoms with Crippen molar-refractivity contribution in [1.82, 2.24) is 5.48 Å². The largest absolute Gasteiger partial charge is 0.300 e. The molecule has 0 spiro atoms. The molecule has 3 nitrogen and oxygen atoms in total. The van der Waals surface area contributed by atoms with Gasteiger partial charge in [-0.1, -0.05) is 39.5 Å². The molecule has 0 amide bonds. The topological polar surface area (TPSA) is 38.3 Å². The average molecular weight is 241 g/mol. The van der Waals surface area contributed by atoms with E-state index >= 15 is 0 Å². The SMILES string of the molecule is CC(C)CNOC1CCCCCCCC(=O)C1. The Morgan fingerprint density at radius 2 is 1.94 bits per heavy atom. The quantitative estimate of drug-likeness (QED) is 0.768. The van der Waals surface area contributed by atoms with Gasteiger partial charge >= 0.3 is 0 Å². The molecule has 17 heavy (non-hydrogen) atoms. The Morgan fingerprint density at radius 1 is 1.24 bits per heavy atom. The predicted molar refractivity (Wildman–Crippen MR) is 69.7 cm³/mol. The first kappa shape index (κ1) is 14.7. The minimum absolute atomic E-state index is 0.0827. The van der Waals surface area contributed by atoms with E-state index in [9.17, 15) is 4.79 Å². The molecule has 1 N–H and O–H groups in total. The normalized spacial score (nSPS) is 23.9. The van der Waals surface area contributed by atoms with Crippen molar-refractivity contribution >= 4 is 5.78 Å². The number of hydrogen-bond donors (Lipinski definition) is 1. The molecule has 1 rings (SSSR count). The first-order valence-corrected chi connectivity index (χ1v) is 7.08. The van der Waals surface area contributed by atoms with Gasteiger partial charge in [0.25, 0.3) is 0 Å². The van der Waals surface area contributed by atoms with Crippen molar-refractivity contribution in [2.45, 2.75) is 71.3 Å². The van der Waals surface area contributed by atoms with Crippen LogP contribution in [0.1, 0.15) is 65.2 Å². The molecule has 1 saturated carbocycles. The lowest BCUT2D eigenvalue weighted by Gasteiger charge is -2.19. The van der Waals surface area contributed by atoms with E-state index in [4.69, 9.17) is 4.84 Å². The molecule has 3 heteroatoms. The summed E-state index contributed by atoms with van der Waals surface area (Å²) in [5.74, 6) is 0.938. The second-order valence-electron chi connectivity index (χ2n) is 5.53. The van der Waals surface area contributed by atoms with Crippen LogP contribution >= 0.6 is 0 Å². The zero-order valence-corrected chi connectivity index (χ0v) is 11.3. The summed E-state index contributed by atoms with van der Waals surface area (Å²) < 4.78 is 0. The third-order valence-electron chi connectivity index (χ3n) is 3.18. The van der Waals surface area contributed by atoms with E-state index in [-0.39, 0.29) is 6.10 Å². The molecule has 0 radical (unpaired) electrons. The summed E-state index contributed by atoms with van der Waals surface area (Å²) in [5, 5.41) is 0. The van der Waals surface area contributed by atoms with E-state index in [0.717, 1.165) is 25.8 Å². The van der Waals surface area contributed by atoms with Crippen LogP contribution < -0.4 is 5.48 Å². The zero-order valence-electron chi connectivity index (χ0n) is 11.3. The number of Topliss-reactive ketones (excluding diaryl/α,β-unsaturated/α-hetero) is 1. The van der Waals surface area contributed by atoms with Crippen LogP contribution in [0.5, 0.6) is 0 Å². The summed E-state index contributed by atoms with van der Waals surface area (Å²) >= 11 is 0. The first-order valence-electron chi connectivity index (χ1n) is 7.08. The number of carbonyl (C=O) groups excluding carboxylic acids is 1. The van der Waals surface area contributed by atoms with Gasteiger partial charge in [-0.2, -0.15) is 0 Å². The molecule has 0 aromatic rings.